The van der Waals surface area contributed by atoms with E-state index < -0.39 is 29.4 Å². The van der Waals surface area contributed by atoms with E-state index in [2.05, 4.69) is 0 Å². The number of aliphatic hydroxyl groups excluding tert-OH is 2. The van der Waals surface area contributed by atoms with Crippen LogP contribution < -0.4 is 0 Å². The van der Waals surface area contributed by atoms with E-state index in [1.54, 1.807) is 0 Å². The van der Waals surface area contributed by atoms with E-state index in [-0.39, 0.29) is 11.4 Å². The first kappa shape index (κ1) is 12.8. The summed E-state index contributed by atoms with van der Waals surface area (Å²) in [5.74, 6) is -2.44. The summed E-state index contributed by atoms with van der Waals surface area (Å²) in [4.78, 5) is 0. The van der Waals surface area contributed by atoms with Gasteiger partial charge in [-0.2, -0.15) is 5.26 Å². The van der Waals surface area contributed by atoms with Gasteiger partial charge in [0.1, 0.15) is 29.4 Å². The van der Waals surface area contributed by atoms with Gasteiger partial charge in [-0.05, 0) is 17.7 Å². The summed E-state index contributed by atoms with van der Waals surface area (Å²) >= 11 is 5.29. The van der Waals surface area contributed by atoms with E-state index in [1.807, 2.05) is 0 Å². The highest BCUT2D eigenvalue weighted by atomic mass is 35.5. The molecular formula is C10H8ClF2NO2. The maximum atomic E-state index is 13.2. The first-order valence-corrected chi connectivity index (χ1v) is 4.85. The van der Waals surface area contributed by atoms with Crippen molar-refractivity contribution in [3.05, 3.63) is 34.9 Å². The molecule has 3 nitrogen and oxygen atoms in total. The number of rotatable bonds is 3. The Morgan fingerprint density at radius 3 is 2.19 bits per heavy atom. The zero-order chi connectivity index (χ0) is 12.3. The molecule has 0 bridgehead atoms. The highest BCUT2D eigenvalue weighted by Gasteiger charge is 2.20. The highest BCUT2D eigenvalue weighted by molar-refractivity contribution is 6.18. The molecular weight excluding hydrogens is 240 g/mol. The first-order valence-electron chi connectivity index (χ1n) is 4.32. The minimum absolute atomic E-state index is 0.165. The molecule has 2 atom stereocenters. The van der Waals surface area contributed by atoms with Crippen molar-refractivity contribution < 1.29 is 19.0 Å². The summed E-state index contributed by atoms with van der Waals surface area (Å²) in [6.07, 6.45) is -2.82. The van der Waals surface area contributed by atoms with E-state index in [0.29, 0.717) is 0 Å². The number of hydrogen-bond acceptors (Lipinski definition) is 3. The van der Waals surface area contributed by atoms with Crippen LogP contribution in [-0.2, 0) is 0 Å². The quantitative estimate of drug-likeness (QED) is 0.795. The van der Waals surface area contributed by atoms with Crippen LogP contribution in [0.5, 0.6) is 0 Å². The van der Waals surface area contributed by atoms with Crippen molar-refractivity contribution in [2.45, 2.75) is 12.2 Å². The molecule has 0 amide bonds. The van der Waals surface area contributed by atoms with E-state index in [9.17, 15) is 19.0 Å². The molecule has 1 aromatic rings. The van der Waals surface area contributed by atoms with Crippen LogP contribution in [0, 0.1) is 23.0 Å². The fourth-order valence-corrected chi connectivity index (χ4v) is 1.35. The van der Waals surface area contributed by atoms with Gasteiger partial charge in [-0.15, -0.1) is 11.6 Å². The van der Waals surface area contributed by atoms with Crippen molar-refractivity contribution in [3.8, 4) is 6.07 Å². The topological polar surface area (TPSA) is 64.2 Å². The zero-order valence-corrected chi connectivity index (χ0v) is 8.75. The number of alkyl halides is 1. The summed E-state index contributed by atoms with van der Waals surface area (Å²) in [5.41, 5.74) is -0.890. The lowest BCUT2D eigenvalue weighted by Crippen LogP contribution is -2.20. The number of hydrogen-bond donors (Lipinski definition) is 2. The van der Waals surface area contributed by atoms with Crippen LogP contribution in [0.2, 0.25) is 0 Å². The van der Waals surface area contributed by atoms with Gasteiger partial charge in [0, 0.05) is 0 Å². The van der Waals surface area contributed by atoms with Crippen molar-refractivity contribution >= 4 is 11.6 Å². The molecule has 0 aliphatic heterocycles. The van der Waals surface area contributed by atoms with Gasteiger partial charge in [0.05, 0.1) is 12.0 Å². The molecule has 2 unspecified atom stereocenters. The van der Waals surface area contributed by atoms with Gasteiger partial charge in [0.2, 0.25) is 0 Å². The Morgan fingerprint density at radius 1 is 1.31 bits per heavy atom. The van der Waals surface area contributed by atoms with E-state index >= 15 is 0 Å². The Hall–Kier alpha value is -1.22. The molecule has 1 aromatic carbocycles. The lowest BCUT2D eigenvalue weighted by Gasteiger charge is -2.16. The molecule has 0 saturated carbocycles. The van der Waals surface area contributed by atoms with Gasteiger partial charge in [-0.25, -0.2) is 8.78 Å². The summed E-state index contributed by atoms with van der Waals surface area (Å²) in [6.45, 7) is 0. The minimum atomic E-state index is -1.49. The summed E-state index contributed by atoms with van der Waals surface area (Å²) in [5, 5.41) is 27.1. The van der Waals surface area contributed by atoms with Crippen LogP contribution in [0.4, 0.5) is 8.78 Å². The fourth-order valence-electron chi connectivity index (χ4n) is 1.18. The second kappa shape index (κ2) is 5.21. The SMILES string of the molecule is N#Cc1c(F)cc(C(O)C(O)CCl)cc1F. The lowest BCUT2D eigenvalue weighted by molar-refractivity contribution is 0.0323. The van der Waals surface area contributed by atoms with Gasteiger partial charge in [-0.3, -0.25) is 0 Å². The van der Waals surface area contributed by atoms with E-state index in [0.717, 1.165) is 12.1 Å². The summed E-state index contributed by atoms with van der Waals surface area (Å²) < 4.78 is 26.3. The molecule has 0 aromatic heterocycles. The van der Waals surface area contributed by atoms with Crippen LogP contribution >= 0.6 is 11.6 Å². The number of nitriles is 1. The van der Waals surface area contributed by atoms with Crippen LogP contribution in [-0.4, -0.2) is 22.2 Å². The van der Waals surface area contributed by atoms with Crippen LogP contribution in [0.3, 0.4) is 0 Å². The molecule has 16 heavy (non-hydrogen) atoms. The lowest BCUT2D eigenvalue weighted by atomic mass is 10.0. The average molecular weight is 248 g/mol. The van der Waals surface area contributed by atoms with Crippen LogP contribution in [0.15, 0.2) is 12.1 Å². The van der Waals surface area contributed by atoms with Gasteiger partial charge in [-0.1, -0.05) is 0 Å². The molecule has 2 N–H and O–H groups in total. The Labute approximate surface area is 95.5 Å². The molecule has 0 saturated heterocycles. The van der Waals surface area contributed by atoms with Crippen molar-refractivity contribution in [1.29, 1.82) is 5.26 Å². The molecule has 0 spiro atoms. The molecule has 0 heterocycles. The van der Waals surface area contributed by atoms with Gasteiger partial charge in [0.15, 0.2) is 0 Å². The maximum absolute atomic E-state index is 13.2. The predicted molar refractivity (Wildman–Crippen MR) is 52.8 cm³/mol. The third kappa shape index (κ3) is 2.47. The molecule has 0 aliphatic carbocycles. The summed E-state index contributed by atoms with van der Waals surface area (Å²) in [6, 6.07) is 2.94. The van der Waals surface area contributed by atoms with E-state index in [4.69, 9.17) is 16.9 Å². The maximum Gasteiger partial charge on any atom is 0.144 e. The molecule has 0 radical (unpaired) electrons. The highest BCUT2D eigenvalue weighted by Crippen LogP contribution is 2.22. The van der Waals surface area contributed by atoms with E-state index in [1.165, 1.54) is 6.07 Å². The zero-order valence-electron chi connectivity index (χ0n) is 7.99. The third-order valence-corrected chi connectivity index (χ3v) is 2.36. The third-order valence-electron chi connectivity index (χ3n) is 2.04. The van der Waals surface area contributed by atoms with Crippen molar-refractivity contribution in [2.24, 2.45) is 0 Å². The smallest absolute Gasteiger partial charge is 0.144 e. The fraction of sp³-hybridized carbons (Fsp3) is 0.300. The number of halogens is 3. The second-order valence-electron chi connectivity index (χ2n) is 3.14. The normalized spacial score (nSPS) is 14.2. The molecule has 0 aliphatic rings. The van der Waals surface area contributed by atoms with Crippen molar-refractivity contribution in [2.75, 3.05) is 5.88 Å². The Bertz CT molecular complexity index is 410. The average Bonchev–Trinajstić information content (AvgIpc) is 2.26. The van der Waals surface area contributed by atoms with Crippen molar-refractivity contribution in [1.82, 2.24) is 0 Å². The molecule has 0 fully saturated rings. The molecule has 86 valence electrons. The number of aliphatic hydroxyl groups is 2. The number of benzene rings is 1. The van der Waals surface area contributed by atoms with Crippen LogP contribution in [0.1, 0.15) is 17.2 Å². The standard InChI is InChI=1S/C10H8ClF2NO2/c11-3-9(15)10(16)5-1-7(12)6(4-14)8(13)2-5/h1-2,9-10,15-16H,3H2. The molecule has 6 heteroatoms. The Morgan fingerprint density at radius 2 is 1.81 bits per heavy atom. The summed E-state index contributed by atoms with van der Waals surface area (Å²) in [7, 11) is 0. The van der Waals surface area contributed by atoms with Gasteiger partial charge in [0.25, 0.3) is 0 Å². The first-order chi connectivity index (χ1) is 7.51. The van der Waals surface area contributed by atoms with Crippen molar-refractivity contribution in [3.63, 3.8) is 0 Å². The monoisotopic (exact) mass is 247 g/mol. The van der Waals surface area contributed by atoms with Gasteiger partial charge < -0.3 is 10.2 Å². The Kier molecular flexibility index (Phi) is 4.19. The van der Waals surface area contributed by atoms with Crippen LogP contribution in [0.25, 0.3) is 0 Å². The number of nitrogens with zero attached hydrogens (tertiary/aromatic N) is 1. The Balaban J connectivity index is 3.14. The largest absolute Gasteiger partial charge is 0.389 e. The van der Waals surface area contributed by atoms with Gasteiger partial charge >= 0.3 is 0 Å². The predicted octanol–water partition coefficient (Wildman–Crippen LogP) is 1.47. The minimum Gasteiger partial charge on any atom is -0.389 e. The second-order valence-corrected chi connectivity index (χ2v) is 3.45. The molecule has 1 rings (SSSR count).